The summed E-state index contributed by atoms with van der Waals surface area (Å²) in [6.45, 7) is 6.40. The number of carbonyl (C=O) groups excluding carboxylic acids is 3. The monoisotopic (exact) mass is 473 g/mol. The van der Waals surface area contributed by atoms with E-state index in [-0.39, 0.29) is 24.3 Å². The van der Waals surface area contributed by atoms with Gasteiger partial charge in [-0.05, 0) is 44.7 Å². The molecule has 4 rings (SSSR count). The number of rotatable bonds is 9. The second kappa shape index (κ2) is 9.29. The van der Waals surface area contributed by atoms with Crippen molar-refractivity contribution in [1.82, 2.24) is 10.2 Å². The Bertz CT molecular complexity index is 908. The number of nitrogens with zero attached hydrogens (tertiary/aromatic N) is 1. The van der Waals surface area contributed by atoms with Gasteiger partial charge in [-0.1, -0.05) is 38.5 Å². The second-order valence-corrected chi connectivity index (χ2v) is 11.6. The lowest BCUT2D eigenvalue weighted by Crippen LogP contribution is -2.56. The van der Waals surface area contributed by atoms with Crippen LogP contribution < -0.4 is 10.6 Å². The first-order chi connectivity index (χ1) is 15.8. The largest absolute Gasteiger partial charge is 0.394 e. The zero-order chi connectivity index (χ0) is 23.8. The van der Waals surface area contributed by atoms with E-state index in [0.717, 1.165) is 19.3 Å². The molecule has 0 saturated carbocycles. The standard InChI is InChI=1S/C25H35N3O4S/c1-4-6-14-26-22(31)20-25-13-12-24(3,33-25)18(21(30)27-16-10-8-7-9-11-16)19(25)23(32)28(20)17(5-2)15-29/h7-11,17-20,29H,4-6,12-15H2,1-3H3,(H,26,31)(H,27,30)/t17-,18-,19-,20?,24+,25?/m0/s1. The Balaban J connectivity index is 1.71. The maximum Gasteiger partial charge on any atom is 0.244 e. The molecule has 2 unspecified atom stereocenters. The molecule has 2 bridgehead atoms. The van der Waals surface area contributed by atoms with Crippen molar-refractivity contribution in [2.75, 3.05) is 18.5 Å². The molecule has 1 aromatic carbocycles. The minimum Gasteiger partial charge on any atom is -0.394 e. The minimum atomic E-state index is -0.676. The highest BCUT2D eigenvalue weighted by atomic mass is 32.2. The molecule has 3 fully saturated rings. The number of amides is 3. The summed E-state index contributed by atoms with van der Waals surface area (Å²) in [7, 11) is 0. The molecule has 0 aromatic heterocycles. The number of hydrogen-bond acceptors (Lipinski definition) is 5. The molecule has 1 aromatic rings. The SMILES string of the molecule is CCCCNC(=O)C1N([C@@H](CC)CO)C(=O)[C@@H]2[C@@H](C(=O)Nc3ccccc3)[C@@]3(C)CCC12S3. The number of anilines is 1. The Kier molecular flexibility index (Phi) is 6.78. The fraction of sp³-hybridized carbons (Fsp3) is 0.640. The Hall–Kier alpha value is -2.06. The van der Waals surface area contributed by atoms with Crippen molar-refractivity contribution in [3.63, 3.8) is 0 Å². The molecular formula is C25H35N3O4S. The molecule has 3 N–H and O–H groups in total. The molecule has 1 spiro atoms. The van der Waals surface area contributed by atoms with Crippen molar-refractivity contribution < 1.29 is 19.5 Å². The van der Waals surface area contributed by atoms with Gasteiger partial charge in [0.2, 0.25) is 17.7 Å². The number of aliphatic hydroxyl groups is 1. The van der Waals surface area contributed by atoms with Crippen LogP contribution in [-0.2, 0) is 14.4 Å². The van der Waals surface area contributed by atoms with Gasteiger partial charge in [0.05, 0.1) is 29.2 Å². The van der Waals surface area contributed by atoms with E-state index in [0.29, 0.717) is 25.1 Å². The fourth-order valence-electron chi connectivity index (χ4n) is 6.10. The molecular weight excluding hydrogens is 438 g/mol. The van der Waals surface area contributed by atoms with Crippen molar-refractivity contribution >= 4 is 35.2 Å². The van der Waals surface area contributed by atoms with Crippen LogP contribution >= 0.6 is 11.8 Å². The van der Waals surface area contributed by atoms with Crippen molar-refractivity contribution in [2.45, 2.75) is 74.5 Å². The summed E-state index contributed by atoms with van der Waals surface area (Å²) in [5.41, 5.74) is 0.700. The number of hydrogen-bond donors (Lipinski definition) is 3. The molecule has 3 aliphatic rings. The molecule has 180 valence electrons. The molecule has 3 amide bonds. The minimum absolute atomic E-state index is 0.160. The van der Waals surface area contributed by atoms with Gasteiger partial charge in [0.15, 0.2) is 0 Å². The Labute approximate surface area is 200 Å². The predicted molar refractivity (Wildman–Crippen MR) is 130 cm³/mol. The lowest BCUT2D eigenvalue weighted by molar-refractivity contribution is -0.142. The van der Waals surface area contributed by atoms with Crippen LogP contribution in [-0.4, -0.2) is 62.5 Å². The summed E-state index contributed by atoms with van der Waals surface area (Å²) < 4.78 is -1.06. The molecule has 33 heavy (non-hydrogen) atoms. The summed E-state index contributed by atoms with van der Waals surface area (Å²) in [4.78, 5) is 42.6. The topological polar surface area (TPSA) is 98.7 Å². The van der Waals surface area contributed by atoms with E-state index in [9.17, 15) is 19.5 Å². The predicted octanol–water partition coefficient (Wildman–Crippen LogP) is 2.79. The van der Waals surface area contributed by atoms with Gasteiger partial charge in [0.1, 0.15) is 6.04 Å². The van der Waals surface area contributed by atoms with Gasteiger partial charge in [0, 0.05) is 17.0 Å². The van der Waals surface area contributed by atoms with Crippen LogP contribution in [0.2, 0.25) is 0 Å². The number of benzene rings is 1. The van der Waals surface area contributed by atoms with E-state index in [2.05, 4.69) is 24.5 Å². The molecule has 0 radical (unpaired) electrons. The Morgan fingerprint density at radius 2 is 1.94 bits per heavy atom. The molecule has 3 saturated heterocycles. The van der Waals surface area contributed by atoms with Gasteiger partial charge >= 0.3 is 0 Å². The number of nitrogens with one attached hydrogen (secondary N) is 2. The highest BCUT2D eigenvalue weighted by Crippen LogP contribution is 2.71. The van der Waals surface area contributed by atoms with Gasteiger partial charge in [0.25, 0.3) is 0 Å². The van der Waals surface area contributed by atoms with Gasteiger partial charge in [-0.3, -0.25) is 14.4 Å². The maximum absolute atomic E-state index is 13.9. The van der Waals surface area contributed by atoms with Gasteiger partial charge < -0.3 is 20.6 Å². The number of fused-ring (bicyclic) bond motifs is 1. The zero-order valence-electron chi connectivity index (χ0n) is 19.7. The van der Waals surface area contributed by atoms with Crippen LogP contribution in [0, 0.1) is 11.8 Å². The number of likely N-dealkylation sites (tertiary alicyclic amines) is 1. The van der Waals surface area contributed by atoms with Crippen molar-refractivity contribution in [3.8, 4) is 0 Å². The van der Waals surface area contributed by atoms with Crippen LogP contribution in [0.1, 0.15) is 52.9 Å². The average molecular weight is 474 g/mol. The highest BCUT2D eigenvalue weighted by molar-refractivity contribution is 8.02. The number of aliphatic hydroxyl groups excluding tert-OH is 1. The summed E-state index contributed by atoms with van der Waals surface area (Å²) >= 11 is 1.65. The van der Waals surface area contributed by atoms with E-state index in [1.54, 1.807) is 16.7 Å². The number of para-hydroxylation sites is 1. The summed E-state index contributed by atoms with van der Waals surface area (Å²) in [6.07, 6.45) is 3.87. The van der Waals surface area contributed by atoms with Crippen LogP contribution in [0.3, 0.4) is 0 Å². The van der Waals surface area contributed by atoms with E-state index in [1.165, 1.54) is 0 Å². The first kappa shape index (κ1) is 24.1. The van der Waals surface area contributed by atoms with Crippen molar-refractivity contribution in [3.05, 3.63) is 30.3 Å². The van der Waals surface area contributed by atoms with Crippen molar-refractivity contribution in [1.29, 1.82) is 0 Å². The van der Waals surface area contributed by atoms with Crippen LogP contribution in [0.15, 0.2) is 30.3 Å². The molecule has 3 heterocycles. The van der Waals surface area contributed by atoms with Crippen molar-refractivity contribution in [2.24, 2.45) is 11.8 Å². The van der Waals surface area contributed by atoms with Gasteiger partial charge in [-0.2, -0.15) is 0 Å². The van der Waals surface area contributed by atoms with Crippen LogP contribution in [0.4, 0.5) is 5.69 Å². The quantitative estimate of drug-likeness (QED) is 0.479. The normalized spacial score (nSPS) is 33.2. The lowest BCUT2D eigenvalue weighted by Gasteiger charge is -2.36. The second-order valence-electron chi connectivity index (χ2n) is 9.72. The summed E-state index contributed by atoms with van der Waals surface area (Å²) in [5, 5.41) is 16.1. The lowest BCUT2D eigenvalue weighted by atomic mass is 9.66. The van der Waals surface area contributed by atoms with E-state index < -0.39 is 33.4 Å². The Morgan fingerprint density at radius 3 is 2.58 bits per heavy atom. The fourth-order valence-corrected chi connectivity index (χ4v) is 8.44. The summed E-state index contributed by atoms with van der Waals surface area (Å²) in [5.74, 6) is -1.61. The van der Waals surface area contributed by atoms with Crippen LogP contribution in [0.5, 0.6) is 0 Å². The van der Waals surface area contributed by atoms with E-state index >= 15 is 0 Å². The molecule has 7 nitrogen and oxygen atoms in total. The highest BCUT2D eigenvalue weighted by Gasteiger charge is 2.77. The van der Waals surface area contributed by atoms with Crippen LogP contribution in [0.25, 0.3) is 0 Å². The first-order valence-corrected chi connectivity index (χ1v) is 12.9. The van der Waals surface area contributed by atoms with E-state index in [4.69, 9.17) is 0 Å². The van der Waals surface area contributed by atoms with E-state index in [1.807, 2.05) is 37.3 Å². The third kappa shape index (κ3) is 3.85. The zero-order valence-corrected chi connectivity index (χ0v) is 20.5. The van der Waals surface area contributed by atoms with Gasteiger partial charge in [-0.25, -0.2) is 0 Å². The Morgan fingerprint density at radius 1 is 1.21 bits per heavy atom. The average Bonchev–Trinajstić information content (AvgIpc) is 3.37. The van der Waals surface area contributed by atoms with Gasteiger partial charge in [-0.15, -0.1) is 11.8 Å². The molecule has 0 aliphatic carbocycles. The third-order valence-electron chi connectivity index (χ3n) is 7.69. The summed E-state index contributed by atoms with van der Waals surface area (Å²) in [6, 6.07) is 8.17. The maximum atomic E-state index is 13.9. The smallest absolute Gasteiger partial charge is 0.244 e. The first-order valence-electron chi connectivity index (χ1n) is 12.1. The molecule has 6 atom stereocenters. The number of thioether (sulfide) groups is 1. The molecule has 8 heteroatoms. The third-order valence-corrected chi connectivity index (χ3v) is 9.68. The molecule has 3 aliphatic heterocycles. The number of carbonyl (C=O) groups is 3. The number of unbranched alkanes of at least 4 members (excludes halogenated alkanes) is 1.